The van der Waals surface area contributed by atoms with E-state index < -0.39 is 24.0 Å². The smallest absolute Gasteiger partial charge is 0.387 e. The van der Waals surface area contributed by atoms with E-state index in [1.54, 1.807) is 0 Å². The van der Waals surface area contributed by atoms with E-state index in [0.29, 0.717) is 0 Å². The Morgan fingerprint density at radius 3 is 2.69 bits per heavy atom. The van der Waals surface area contributed by atoms with E-state index in [-0.39, 0.29) is 17.9 Å². The highest BCUT2D eigenvalue weighted by molar-refractivity contribution is 6.27. The Kier molecular flexibility index (Phi) is 4.61. The fraction of sp³-hybridized carbons (Fsp3) is 0.300. The molecule has 0 bridgehead atoms. The number of Topliss-reactive ketones (excluding diaryl/α,β-unsaturated/α-hetero) is 1. The van der Waals surface area contributed by atoms with Crippen LogP contribution in [0.15, 0.2) is 18.2 Å². The summed E-state index contributed by atoms with van der Waals surface area (Å²) in [6.07, 6.45) is -0.240. The Labute approximate surface area is 95.0 Å². The lowest BCUT2D eigenvalue weighted by Crippen LogP contribution is -2.08. The van der Waals surface area contributed by atoms with Gasteiger partial charge in [-0.15, -0.1) is 11.6 Å². The van der Waals surface area contributed by atoms with Gasteiger partial charge in [0.05, 0.1) is 5.88 Å². The number of ketones is 1. The Hall–Kier alpha value is -1.23. The summed E-state index contributed by atoms with van der Waals surface area (Å²) < 4.78 is 41.2. The summed E-state index contributed by atoms with van der Waals surface area (Å²) in [6, 6.07) is 3.71. The maximum Gasteiger partial charge on any atom is 0.387 e. The molecule has 1 aromatic carbocycles. The van der Waals surface area contributed by atoms with Crippen LogP contribution in [0, 0.1) is 5.82 Å². The molecule has 1 rings (SSSR count). The van der Waals surface area contributed by atoms with Crippen LogP contribution in [0.4, 0.5) is 13.2 Å². The normalized spacial score (nSPS) is 10.6. The van der Waals surface area contributed by atoms with Crippen molar-refractivity contribution < 1.29 is 22.7 Å². The Balaban J connectivity index is 2.90. The second-order valence-corrected chi connectivity index (χ2v) is 3.22. The monoisotopic (exact) mass is 252 g/mol. The lowest BCUT2D eigenvalue weighted by Gasteiger charge is -2.08. The number of halogens is 4. The highest BCUT2D eigenvalue weighted by Crippen LogP contribution is 2.22. The Morgan fingerprint density at radius 2 is 2.12 bits per heavy atom. The van der Waals surface area contributed by atoms with Crippen molar-refractivity contribution >= 4 is 17.4 Å². The summed E-state index contributed by atoms with van der Waals surface area (Å²) in [5.74, 6) is -2.18. The van der Waals surface area contributed by atoms with Crippen LogP contribution >= 0.6 is 11.6 Å². The van der Waals surface area contributed by atoms with Crippen molar-refractivity contribution in [2.45, 2.75) is 13.0 Å². The molecule has 0 atom stereocenters. The van der Waals surface area contributed by atoms with Gasteiger partial charge in [0.25, 0.3) is 0 Å². The maximum absolute atomic E-state index is 13.5. The zero-order chi connectivity index (χ0) is 12.1. The van der Waals surface area contributed by atoms with Crippen LogP contribution in [-0.2, 0) is 11.2 Å². The molecule has 0 heterocycles. The average molecular weight is 253 g/mol. The van der Waals surface area contributed by atoms with Crippen LogP contribution in [0.3, 0.4) is 0 Å². The number of hydrogen-bond acceptors (Lipinski definition) is 2. The number of carbonyl (C=O) groups excluding carboxylic acids is 1. The van der Waals surface area contributed by atoms with E-state index in [9.17, 15) is 18.0 Å². The van der Waals surface area contributed by atoms with E-state index in [4.69, 9.17) is 11.6 Å². The molecule has 16 heavy (non-hydrogen) atoms. The topological polar surface area (TPSA) is 26.3 Å². The predicted molar refractivity (Wildman–Crippen MR) is 52.5 cm³/mol. The van der Waals surface area contributed by atoms with Gasteiger partial charge < -0.3 is 4.74 Å². The molecular weight excluding hydrogens is 245 g/mol. The summed E-state index contributed by atoms with van der Waals surface area (Å²) in [4.78, 5) is 11.0. The van der Waals surface area contributed by atoms with E-state index >= 15 is 0 Å². The first-order valence-electron chi connectivity index (χ1n) is 4.34. The standard InChI is InChI=1S/C10H8ClF3O2/c11-5-7(15)4-6-2-1-3-8(9(6)12)16-10(13)14/h1-3,10H,4-5H2. The van der Waals surface area contributed by atoms with Crippen molar-refractivity contribution in [3.8, 4) is 5.75 Å². The zero-order valence-corrected chi connectivity index (χ0v) is 8.81. The van der Waals surface area contributed by atoms with Crippen LogP contribution in [0.5, 0.6) is 5.75 Å². The van der Waals surface area contributed by atoms with Crippen molar-refractivity contribution in [3.63, 3.8) is 0 Å². The van der Waals surface area contributed by atoms with Gasteiger partial charge in [-0.3, -0.25) is 4.79 Å². The summed E-state index contributed by atoms with van der Waals surface area (Å²) in [5, 5.41) is 0. The molecule has 88 valence electrons. The highest BCUT2D eigenvalue weighted by atomic mass is 35.5. The van der Waals surface area contributed by atoms with Crippen molar-refractivity contribution in [1.29, 1.82) is 0 Å². The van der Waals surface area contributed by atoms with Crippen LogP contribution < -0.4 is 4.74 Å². The molecular formula is C10H8ClF3O2. The third-order valence-corrected chi connectivity index (χ3v) is 2.09. The third-order valence-electron chi connectivity index (χ3n) is 1.80. The summed E-state index contributed by atoms with van der Waals surface area (Å²) in [6.45, 7) is -3.10. The Morgan fingerprint density at radius 1 is 1.44 bits per heavy atom. The van der Waals surface area contributed by atoms with E-state index in [1.807, 2.05) is 0 Å². The average Bonchev–Trinajstić information content (AvgIpc) is 2.23. The van der Waals surface area contributed by atoms with Crippen molar-refractivity contribution in [1.82, 2.24) is 0 Å². The van der Waals surface area contributed by atoms with Crippen LogP contribution in [-0.4, -0.2) is 18.3 Å². The fourth-order valence-electron chi connectivity index (χ4n) is 1.14. The quantitative estimate of drug-likeness (QED) is 0.753. The Bertz CT molecular complexity index is 382. The van der Waals surface area contributed by atoms with Crippen molar-refractivity contribution in [2.24, 2.45) is 0 Å². The van der Waals surface area contributed by atoms with Crippen molar-refractivity contribution in [2.75, 3.05) is 5.88 Å². The van der Waals surface area contributed by atoms with Gasteiger partial charge in [-0.25, -0.2) is 4.39 Å². The molecule has 0 saturated carbocycles. The van der Waals surface area contributed by atoms with E-state index in [0.717, 1.165) is 6.07 Å². The summed E-state index contributed by atoms with van der Waals surface area (Å²) in [5.41, 5.74) is -0.0104. The van der Waals surface area contributed by atoms with Gasteiger partial charge in [-0.2, -0.15) is 8.78 Å². The number of carbonyl (C=O) groups is 1. The molecule has 6 heteroatoms. The second kappa shape index (κ2) is 5.75. The minimum absolute atomic E-state index is 0.0104. The molecule has 0 radical (unpaired) electrons. The van der Waals surface area contributed by atoms with Crippen LogP contribution in [0.25, 0.3) is 0 Å². The largest absolute Gasteiger partial charge is 0.432 e. The zero-order valence-electron chi connectivity index (χ0n) is 8.05. The molecule has 0 aliphatic rings. The lowest BCUT2D eigenvalue weighted by atomic mass is 10.1. The minimum atomic E-state index is -3.10. The molecule has 0 spiro atoms. The minimum Gasteiger partial charge on any atom is -0.432 e. The van der Waals surface area contributed by atoms with Gasteiger partial charge in [0.2, 0.25) is 0 Å². The molecule has 0 fully saturated rings. The molecule has 0 saturated heterocycles. The molecule has 0 aliphatic heterocycles. The van der Waals surface area contributed by atoms with Gasteiger partial charge in [0.1, 0.15) is 0 Å². The maximum atomic E-state index is 13.5. The number of benzene rings is 1. The number of alkyl halides is 3. The van der Waals surface area contributed by atoms with Crippen LogP contribution in [0.2, 0.25) is 0 Å². The van der Waals surface area contributed by atoms with Crippen LogP contribution in [0.1, 0.15) is 5.56 Å². The molecule has 0 aliphatic carbocycles. The van der Waals surface area contributed by atoms with Gasteiger partial charge >= 0.3 is 6.61 Å². The molecule has 0 N–H and O–H groups in total. The highest BCUT2D eigenvalue weighted by Gasteiger charge is 2.14. The number of ether oxygens (including phenoxy) is 1. The SMILES string of the molecule is O=C(CCl)Cc1cccc(OC(F)F)c1F. The molecule has 0 amide bonds. The molecule has 2 nitrogen and oxygen atoms in total. The lowest BCUT2D eigenvalue weighted by molar-refractivity contribution is -0.116. The summed E-state index contributed by atoms with van der Waals surface area (Å²) >= 11 is 5.26. The predicted octanol–water partition coefficient (Wildman–Crippen LogP) is 2.78. The van der Waals surface area contributed by atoms with E-state index in [1.165, 1.54) is 12.1 Å². The third kappa shape index (κ3) is 3.41. The summed E-state index contributed by atoms with van der Waals surface area (Å²) in [7, 11) is 0. The fourth-order valence-corrected chi connectivity index (χ4v) is 1.23. The first-order chi connectivity index (χ1) is 7.54. The van der Waals surface area contributed by atoms with Crippen molar-refractivity contribution in [3.05, 3.63) is 29.6 Å². The molecule has 0 unspecified atom stereocenters. The van der Waals surface area contributed by atoms with Gasteiger partial charge in [-0.05, 0) is 11.6 Å². The van der Waals surface area contributed by atoms with Gasteiger partial charge in [-0.1, -0.05) is 12.1 Å². The molecule has 0 aromatic heterocycles. The first kappa shape index (κ1) is 12.8. The second-order valence-electron chi connectivity index (χ2n) is 2.96. The number of rotatable bonds is 5. The molecule has 1 aromatic rings. The number of hydrogen-bond donors (Lipinski definition) is 0. The van der Waals surface area contributed by atoms with Gasteiger partial charge in [0, 0.05) is 6.42 Å². The van der Waals surface area contributed by atoms with E-state index in [2.05, 4.69) is 4.74 Å². The first-order valence-corrected chi connectivity index (χ1v) is 4.88. The van der Waals surface area contributed by atoms with Gasteiger partial charge in [0.15, 0.2) is 17.3 Å².